The Morgan fingerprint density at radius 3 is 2.90 bits per heavy atom. The van der Waals surface area contributed by atoms with Gasteiger partial charge in [-0.05, 0) is 42.9 Å². The molecule has 0 aromatic heterocycles. The van der Waals surface area contributed by atoms with E-state index < -0.39 is 0 Å². The highest BCUT2D eigenvalue weighted by atomic mass is 16.3. The number of nitrogens with one attached hydrogen (secondary N) is 2. The second-order valence-corrected chi connectivity index (χ2v) is 5.69. The fourth-order valence-corrected chi connectivity index (χ4v) is 2.79. The summed E-state index contributed by atoms with van der Waals surface area (Å²) in [6.45, 7) is 3.14. The van der Waals surface area contributed by atoms with Gasteiger partial charge in [0.15, 0.2) is 0 Å². The van der Waals surface area contributed by atoms with Gasteiger partial charge in [-0.15, -0.1) is 0 Å². The van der Waals surface area contributed by atoms with Crippen LogP contribution in [0.2, 0.25) is 0 Å². The number of rotatable bonds is 7. The average Bonchev–Trinajstić information content (AvgIpc) is 2.45. The van der Waals surface area contributed by atoms with Gasteiger partial charge in [0, 0.05) is 25.3 Å². The van der Waals surface area contributed by atoms with Crippen LogP contribution in [0, 0.1) is 5.92 Å². The third-order valence-electron chi connectivity index (χ3n) is 3.99. The molecule has 1 aliphatic heterocycles. The number of anilines is 3. The molecule has 2 rings (SSSR count). The van der Waals surface area contributed by atoms with E-state index in [4.69, 9.17) is 10.8 Å². The van der Waals surface area contributed by atoms with Crippen LogP contribution in [0.1, 0.15) is 38.2 Å². The second kappa shape index (κ2) is 7.31. The van der Waals surface area contributed by atoms with Crippen LogP contribution in [0.4, 0.5) is 17.1 Å². The van der Waals surface area contributed by atoms with Crippen LogP contribution in [0.3, 0.4) is 0 Å². The molecule has 0 aliphatic carbocycles. The lowest BCUT2D eigenvalue weighted by atomic mass is 9.99. The van der Waals surface area contributed by atoms with Gasteiger partial charge in [-0.2, -0.15) is 0 Å². The molecule has 0 bridgehead atoms. The number of nitrogens with two attached hydrogens (primary N) is 1. The monoisotopic (exact) mass is 291 g/mol. The van der Waals surface area contributed by atoms with E-state index >= 15 is 0 Å². The molecule has 0 spiro atoms. The Hall–Kier alpha value is -1.75. The quantitative estimate of drug-likeness (QED) is 0.581. The van der Waals surface area contributed by atoms with E-state index in [1.165, 1.54) is 0 Å². The minimum atomic E-state index is 0.0577. The molecule has 1 aliphatic rings. The van der Waals surface area contributed by atoms with Gasteiger partial charge in [-0.3, -0.25) is 4.79 Å². The summed E-state index contributed by atoms with van der Waals surface area (Å²) in [5.41, 5.74) is 9.61. The van der Waals surface area contributed by atoms with Crippen LogP contribution in [0.15, 0.2) is 12.1 Å². The summed E-state index contributed by atoms with van der Waals surface area (Å²) in [5, 5.41) is 15.4. The molecule has 5 nitrogen and oxygen atoms in total. The number of amides is 1. The number of benzene rings is 1. The van der Waals surface area contributed by atoms with Crippen molar-refractivity contribution in [2.45, 2.75) is 39.0 Å². The van der Waals surface area contributed by atoms with Crippen molar-refractivity contribution < 1.29 is 9.90 Å². The maximum atomic E-state index is 11.5. The number of aryl methyl sites for hydroxylation is 1. The number of carbonyl (C=O) groups is 1. The zero-order valence-corrected chi connectivity index (χ0v) is 12.6. The van der Waals surface area contributed by atoms with Crippen molar-refractivity contribution in [2.24, 2.45) is 5.92 Å². The molecule has 0 saturated carbocycles. The van der Waals surface area contributed by atoms with Gasteiger partial charge in [0.2, 0.25) is 5.91 Å². The van der Waals surface area contributed by atoms with Gasteiger partial charge in [0.1, 0.15) is 0 Å². The summed E-state index contributed by atoms with van der Waals surface area (Å²) >= 11 is 0. The molecule has 0 saturated heterocycles. The van der Waals surface area contributed by atoms with Crippen molar-refractivity contribution in [1.29, 1.82) is 0 Å². The van der Waals surface area contributed by atoms with E-state index in [0.29, 0.717) is 18.0 Å². The number of fused-ring (bicyclic) bond motifs is 1. The van der Waals surface area contributed by atoms with E-state index in [1.54, 1.807) is 0 Å². The third-order valence-corrected chi connectivity index (χ3v) is 3.99. The summed E-state index contributed by atoms with van der Waals surface area (Å²) < 4.78 is 0. The molecule has 21 heavy (non-hydrogen) atoms. The van der Waals surface area contributed by atoms with Gasteiger partial charge in [0.25, 0.3) is 0 Å². The Morgan fingerprint density at radius 1 is 1.38 bits per heavy atom. The van der Waals surface area contributed by atoms with E-state index in [-0.39, 0.29) is 12.5 Å². The fourth-order valence-electron chi connectivity index (χ4n) is 2.79. The summed E-state index contributed by atoms with van der Waals surface area (Å²) in [6.07, 6.45) is 4.24. The Kier molecular flexibility index (Phi) is 5.44. The van der Waals surface area contributed by atoms with Gasteiger partial charge in [-0.25, -0.2) is 0 Å². The first-order valence-corrected chi connectivity index (χ1v) is 7.71. The largest absolute Gasteiger partial charge is 0.397 e. The highest BCUT2D eigenvalue weighted by Crippen LogP contribution is 2.31. The Balaban J connectivity index is 2.05. The SMILES string of the molecule is CCCC(CCO)CNc1cc2c(cc1N)CCC(=O)N2. The van der Waals surface area contributed by atoms with Crippen LogP contribution in [0.25, 0.3) is 0 Å². The van der Waals surface area contributed by atoms with E-state index in [1.807, 2.05) is 12.1 Å². The number of hydrogen-bond donors (Lipinski definition) is 4. The predicted molar refractivity (Wildman–Crippen MR) is 86.4 cm³/mol. The number of nitrogen functional groups attached to an aromatic ring is 1. The van der Waals surface area contributed by atoms with Crippen molar-refractivity contribution in [3.63, 3.8) is 0 Å². The zero-order valence-electron chi connectivity index (χ0n) is 12.6. The Morgan fingerprint density at radius 2 is 2.19 bits per heavy atom. The Bertz CT molecular complexity index is 497. The highest BCUT2D eigenvalue weighted by molar-refractivity contribution is 5.95. The van der Waals surface area contributed by atoms with Crippen LogP contribution >= 0.6 is 0 Å². The summed E-state index contributed by atoms with van der Waals surface area (Å²) in [7, 11) is 0. The third kappa shape index (κ3) is 4.11. The molecule has 1 unspecified atom stereocenters. The molecule has 0 radical (unpaired) electrons. The normalized spacial score (nSPS) is 15.2. The van der Waals surface area contributed by atoms with Crippen LogP contribution < -0.4 is 16.4 Å². The average molecular weight is 291 g/mol. The first-order chi connectivity index (χ1) is 10.1. The molecule has 1 heterocycles. The molecule has 5 N–H and O–H groups in total. The van der Waals surface area contributed by atoms with Crippen molar-refractivity contribution >= 4 is 23.0 Å². The smallest absolute Gasteiger partial charge is 0.224 e. The Labute approximate surface area is 125 Å². The number of carbonyl (C=O) groups excluding carboxylic acids is 1. The number of hydrogen-bond acceptors (Lipinski definition) is 4. The summed E-state index contributed by atoms with van der Waals surface area (Å²) in [6, 6.07) is 3.86. The number of aliphatic hydroxyl groups excluding tert-OH is 1. The molecule has 0 fully saturated rings. The summed E-state index contributed by atoms with van der Waals surface area (Å²) in [5.74, 6) is 0.493. The standard InChI is InChI=1S/C16H25N3O2/c1-2-3-11(6-7-20)10-18-15-9-14-12(8-13(15)17)4-5-16(21)19-14/h8-9,11,18,20H,2-7,10,17H2,1H3,(H,19,21). The van der Waals surface area contributed by atoms with Gasteiger partial charge < -0.3 is 21.5 Å². The van der Waals surface area contributed by atoms with Crippen molar-refractivity contribution in [3.05, 3.63) is 17.7 Å². The zero-order chi connectivity index (χ0) is 15.2. The highest BCUT2D eigenvalue weighted by Gasteiger charge is 2.17. The van der Waals surface area contributed by atoms with Crippen molar-refractivity contribution in [2.75, 3.05) is 29.5 Å². The molecule has 5 heteroatoms. The van der Waals surface area contributed by atoms with Gasteiger partial charge >= 0.3 is 0 Å². The molecule has 1 aromatic carbocycles. The molecule has 1 amide bonds. The van der Waals surface area contributed by atoms with E-state index in [0.717, 1.165) is 49.2 Å². The predicted octanol–water partition coefficient (Wildman–Crippen LogP) is 2.36. The maximum Gasteiger partial charge on any atom is 0.224 e. The molecule has 1 atom stereocenters. The van der Waals surface area contributed by atoms with Gasteiger partial charge in [0.05, 0.1) is 11.4 Å². The lowest BCUT2D eigenvalue weighted by Crippen LogP contribution is -2.20. The lowest BCUT2D eigenvalue weighted by Gasteiger charge is -2.21. The van der Waals surface area contributed by atoms with Crippen LogP contribution in [-0.2, 0) is 11.2 Å². The minimum Gasteiger partial charge on any atom is -0.397 e. The van der Waals surface area contributed by atoms with Crippen LogP contribution in [0.5, 0.6) is 0 Å². The van der Waals surface area contributed by atoms with Crippen molar-refractivity contribution in [3.8, 4) is 0 Å². The first-order valence-electron chi connectivity index (χ1n) is 7.71. The molecule has 1 aromatic rings. The summed E-state index contributed by atoms with van der Waals surface area (Å²) in [4.78, 5) is 11.5. The number of aliphatic hydroxyl groups is 1. The fraction of sp³-hybridized carbons (Fsp3) is 0.562. The topological polar surface area (TPSA) is 87.4 Å². The minimum absolute atomic E-state index is 0.0577. The first kappa shape index (κ1) is 15.6. The van der Waals surface area contributed by atoms with E-state index in [9.17, 15) is 4.79 Å². The van der Waals surface area contributed by atoms with E-state index in [2.05, 4.69) is 17.6 Å². The maximum absolute atomic E-state index is 11.5. The van der Waals surface area contributed by atoms with Gasteiger partial charge in [-0.1, -0.05) is 13.3 Å². The molecule has 116 valence electrons. The second-order valence-electron chi connectivity index (χ2n) is 5.69. The van der Waals surface area contributed by atoms with Crippen LogP contribution in [-0.4, -0.2) is 24.2 Å². The molecular formula is C16H25N3O2. The molecular weight excluding hydrogens is 266 g/mol. The van der Waals surface area contributed by atoms with Crippen molar-refractivity contribution in [1.82, 2.24) is 0 Å². The lowest BCUT2D eigenvalue weighted by molar-refractivity contribution is -0.116.